The van der Waals surface area contributed by atoms with Gasteiger partial charge in [-0.3, -0.25) is 9.59 Å². The smallest absolute Gasteiger partial charge is 0.253 e. The van der Waals surface area contributed by atoms with Crippen molar-refractivity contribution in [1.29, 1.82) is 0 Å². The van der Waals surface area contributed by atoms with E-state index in [9.17, 15) is 9.59 Å². The van der Waals surface area contributed by atoms with Gasteiger partial charge in [-0.25, -0.2) is 0 Å². The van der Waals surface area contributed by atoms with Gasteiger partial charge in [0.1, 0.15) is 0 Å². The van der Waals surface area contributed by atoms with E-state index in [-0.39, 0.29) is 11.8 Å². The summed E-state index contributed by atoms with van der Waals surface area (Å²) in [4.78, 5) is 30.4. The van der Waals surface area contributed by atoms with E-state index in [0.29, 0.717) is 18.7 Å². The maximum absolute atomic E-state index is 12.9. The second kappa shape index (κ2) is 8.25. The maximum atomic E-state index is 12.9. The molecule has 0 atom stereocenters. The lowest BCUT2D eigenvalue weighted by Gasteiger charge is -2.29. The summed E-state index contributed by atoms with van der Waals surface area (Å²) in [6.07, 6.45) is 0.794. The molecule has 0 N–H and O–H groups in total. The standard InChI is InChI=1S/C23H27N3O3/c1-17(27)26-10-9-19-15-20(5-8-22(19)26)23(28)24(2)16-18-3-6-21(7-4-18)25-11-13-29-14-12-25/h3-8,15H,9-14,16H2,1-2H3. The van der Waals surface area contributed by atoms with Gasteiger partial charge in [0, 0.05) is 57.1 Å². The van der Waals surface area contributed by atoms with E-state index in [2.05, 4.69) is 29.2 Å². The molecule has 2 amide bonds. The monoisotopic (exact) mass is 393 g/mol. The Morgan fingerprint density at radius 1 is 1.03 bits per heavy atom. The number of ether oxygens (including phenoxy) is 1. The first-order valence-electron chi connectivity index (χ1n) is 10.1. The van der Waals surface area contributed by atoms with Gasteiger partial charge < -0.3 is 19.4 Å². The highest BCUT2D eigenvalue weighted by Crippen LogP contribution is 2.29. The molecule has 4 rings (SSSR count). The van der Waals surface area contributed by atoms with E-state index in [0.717, 1.165) is 49.5 Å². The zero-order valence-electron chi connectivity index (χ0n) is 17.1. The van der Waals surface area contributed by atoms with Gasteiger partial charge in [-0.05, 0) is 47.9 Å². The number of carbonyl (C=O) groups is 2. The molecule has 0 bridgehead atoms. The average molecular weight is 393 g/mol. The second-order valence-electron chi connectivity index (χ2n) is 7.69. The predicted molar refractivity (Wildman–Crippen MR) is 113 cm³/mol. The van der Waals surface area contributed by atoms with Crippen molar-refractivity contribution in [2.24, 2.45) is 0 Å². The summed E-state index contributed by atoms with van der Waals surface area (Å²) >= 11 is 0. The van der Waals surface area contributed by atoms with E-state index in [1.54, 1.807) is 16.7 Å². The molecule has 0 aromatic heterocycles. The molecule has 152 valence electrons. The molecule has 0 unspecified atom stereocenters. The lowest BCUT2D eigenvalue weighted by Crippen LogP contribution is -2.36. The number of nitrogens with zero attached hydrogens (tertiary/aromatic N) is 3. The van der Waals surface area contributed by atoms with E-state index in [1.807, 2.05) is 25.2 Å². The highest BCUT2D eigenvalue weighted by molar-refractivity contribution is 5.97. The summed E-state index contributed by atoms with van der Waals surface area (Å²) in [7, 11) is 1.83. The van der Waals surface area contributed by atoms with Crippen LogP contribution in [0.5, 0.6) is 0 Å². The quantitative estimate of drug-likeness (QED) is 0.802. The van der Waals surface area contributed by atoms with E-state index in [1.165, 1.54) is 5.69 Å². The van der Waals surface area contributed by atoms with Crippen molar-refractivity contribution in [3.05, 3.63) is 59.2 Å². The molecule has 1 fully saturated rings. The molecule has 0 aliphatic carbocycles. The Bertz CT molecular complexity index is 904. The van der Waals surface area contributed by atoms with Crippen molar-refractivity contribution in [2.75, 3.05) is 49.7 Å². The van der Waals surface area contributed by atoms with Gasteiger partial charge >= 0.3 is 0 Å². The van der Waals surface area contributed by atoms with E-state index < -0.39 is 0 Å². The topological polar surface area (TPSA) is 53.1 Å². The fourth-order valence-corrected chi connectivity index (χ4v) is 4.06. The number of fused-ring (bicyclic) bond motifs is 1. The van der Waals surface area contributed by atoms with Crippen LogP contribution in [-0.4, -0.2) is 56.6 Å². The van der Waals surface area contributed by atoms with Gasteiger partial charge in [-0.15, -0.1) is 0 Å². The molecule has 2 aromatic rings. The summed E-state index contributed by atoms with van der Waals surface area (Å²) in [5.41, 5.74) is 4.95. The second-order valence-corrected chi connectivity index (χ2v) is 7.69. The fourth-order valence-electron chi connectivity index (χ4n) is 4.06. The van der Waals surface area contributed by atoms with Crippen LogP contribution in [0.1, 0.15) is 28.4 Å². The minimum Gasteiger partial charge on any atom is -0.378 e. The van der Waals surface area contributed by atoms with Crippen LogP contribution in [-0.2, 0) is 22.5 Å². The van der Waals surface area contributed by atoms with Crippen LogP contribution in [0, 0.1) is 0 Å². The Kier molecular flexibility index (Phi) is 5.53. The van der Waals surface area contributed by atoms with Gasteiger partial charge in [-0.2, -0.15) is 0 Å². The number of rotatable bonds is 4. The summed E-state index contributed by atoms with van der Waals surface area (Å²) < 4.78 is 5.41. The Hall–Kier alpha value is -2.86. The predicted octanol–water partition coefficient (Wildman–Crippen LogP) is 2.70. The minimum atomic E-state index is -0.00803. The first-order valence-corrected chi connectivity index (χ1v) is 10.1. The van der Waals surface area contributed by atoms with Gasteiger partial charge in [-0.1, -0.05) is 12.1 Å². The van der Waals surface area contributed by atoms with Gasteiger partial charge in [0.2, 0.25) is 5.91 Å². The molecule has 2 heterocycles. The molecular weight excluding hydrogens is 366 g/mol. The molecule has 6 nitrogen and oxygen atoms in total. The molecule has 0 radical (unpaired) electrons. The van der Waals surface area contributed by atoms with Crippen molar-refractivity contribution >= 4 is 23.2 Å². The molecule has 0 saturated carbocycles. The van der Waals surface area contributed by atoms with Crippen molar-refractivity contribution < 1.29 is 14.3 Å². The largest absolute Gasteiger partial charge is 0.378 e. The van der Waals surface area contributed by atoms with Crippen LogP contribution in [0.25, 0.3) is 0 Å². The summed E-state index contributed by atoms with van der Waals surface area (Å²) in [5.74, 6) is 0.0341. The van der Waals surface area contributed by atoms with Gasteiger partial charge in [0.15, 0.2) is 0 Å². The highest BCUT2D eigenvalue weighted by Gasteiger charge is 2.24. The number of anilines is 2. The van der Waals surface area contributed by atoms with E-state index >= 15 is 0 Å². The molecule has 6 heteroatoms. The minimum absolute atomic E-state index is 0.00803. The van der Waals surface area contributed by atoms with Gasteiger partial charge in [0.05, 0.1) is 13.2 Å². The van der Waals surface area contributed by atoms with Crippen molar-refractivity contribution in [1.82, 2.24) is 4.90 Å². The van der Waals surface area contributed by atoms with E-state index in [4.69, 9.17) is 4.74 Å². The Morgan fingerprint density at radius 2 is 1.76 bits per heavy atom. The molecule has 2 aromatic carbocycles. The Balaban J connectivity index is 1.41. The fraction of sp³-hybridized carbons (Fsp3) is 0.391. The average Bonchev–Trinajstić information content (AvgIpc) is 3.18. The normalized spacial score (nSPS) is 15.9. The highest BCUT2D eigenvalue weighted by atomic mass is 16.5. The molecule has 29 heavy (non-hydrogen) atoms. The first-order chi connectivity index (χ1) is 14.0. The third-order valence-electron chi connectivity index (χ3n) is 5.68. The molecule has 2 aliphatic rings. The molecule has 0 spiro atoms. The zero-order valence-corrected chi connectivity index (χ0v) is 17.1. The van der Waals surface area contributed by atoms with Crippen LogP contribution in [0.15, 0.2) is 42.5 Å². The van der Waals surface area contributed by atoms with Crippen molar-refractivity contribution in [3.63, 3.8) is 0 Å². The first kappa shape index (κ1) is 19.5. The number of benzene rings is 2. The van der Waals surface area contributed by atoms with Crippen LogP contribution < -0.4 is 9.80 Å². The molecule has 2 aliphatic heterocycles. The molecular formula is C23H27N3O3. The Labute approximate surface area is 171 Å². The number of hydrogen-bond acceptors (Lipinski definition) is 4. The van der Waals surface area contributed by atoms with Crippen molar-refractivity contribution in [3.8, 4) is 0 Å². The number of morpholine rings is 1. The SMILES string of the molecule is CC(=O)N1CCc2cc(C(=O)N(C)Cc3ccc(N4CCOCC4)cc3)ccc21. The van der Waals surface area contributed by atoms with Gasteiger partial charge in [0.25, 0.3) is 5.91 Å². The summed E-state index contributed by atoms with van der Waals surface area (Å²) in [6, 6.07) is 14.0. The maximum Gasteiger partial charge on any atom is 0.253 e. The zero-order chi connectivity index (χ0) is 20.4. The number of amides is 2. The number of hydrogen-bond donors (Lipinski definition) is 0. The third-order valence-corrected chi connectivity index (χ3v) is 5.68. The Morgan fingerprint density at radius 3 is 2.45 bits per heavy atom. The third kappa shape index (κ3) is 4.12. The molecule has 1 saturated heterocycles. The lowest BCUT2D eigenvalue weighted by molar-refractivity contribution is -0.116. The summed E-state index contributed by atoms with van der Waals surface area (Å²) in [6.45, 7) is 6.18. The van der Waals surface area contributed by atoms with Crippen LogP contribution in [0.2, 0.25) is 0 Å². The van der Waals surface area contributed by atoms with Crippen LogP contribution in [0.3, 0.4) is 0 Å². The lowest BCUT2D eigenvalue weighted by atomic mass is 10.1. The number of carbonyl (C=O) groups excluding carboxylic acids is 2. The summed E-state index contributed by atoms with van der Waals surface area (Å²) in [5, 5.41) is 0. The van der Waals surface area contributed by atoms with Crippen LogP contribution in [0.4, 0.5) is 11.4 Å². The van der Waals surface area contributed by atoms with Crippen LogP contribution >= 0.6 is 0 Å². The van der Waals surface area contributed by atoms with Crippen molar-refractivity contribution in [2.45, 2.75) is 19.9 Å².